The summed E-state index contributed by atoms with van der Waals surface area (Å²) in [6, 6.07) is 83.9. The van der Waals surface area contributed by atoms with E-state index in [1.807, 2.05) is 34.0 Å². The number of rotatable bonds is 4. The highest BCUT2D eigenvalue weighted by Gasteiger charge is 2.45. The van der Waals surface area contributed by atoms with E-state index in [9.17, 15) is 0 Å². The quantitative estimate of drug-likeness (QED) is 0.164. The van der Waals surface area contributed by atoms with Gasteiger partial charge < -0.3 is 14.2 Å². The Kier molecular flexibility index (Phi) is 8.28. The van der Waals surface area contributed by atoms with Gasteiger partial charge in [-0.3, -0.25) is 0 Å². The maximum atomic E-state index is 6.89. The van der Waals surface area contributed by atoms with Crippen LogP contribution in [0.4, 0.5) is 34.1 Å². The summed E-state index contributed by atoms with van der Waals surface area (Å²) >= 11 is 5.65. The van der Waals surface area contributed by atoms with Gasteiger partial charge in [-0.25, -0.2) is 0 Å². The van der Waals surface area contributed by atoms with E-state index in [0.29, 0.717) is 0 Å². The molecule has 15 aromatic rings. The highest BCUT2D eigenvalue weighted by Crippen LogP contribution is 2.55. The van der Waals surface area contributed by atoms with Gasteiger partial charge in [0.05, 0.1) is 11.4 Å². The molecule has 4 aromatic heterocycles. The number of hydrogen-bond acceptors (Lipinski definition) is 6. The summed E-state index contributed by atoms with van der Waals surface area (Å²) in [6.45, 7) is -0.123. The fourth-order valence-electron chi connectivity index (χ4n) is 12.6. The molecule has 73 heavy (non-hydrogen) atoms. The molecule has 0 saturated carbocycles. The topological polar surface area (TPSA) is 19.6 Å². The zero-order valence-corrected chi connectivity index (χ0v) is 41.4. The van der Waals surface area contributed by atoms with Crippen LogP contribution < -0.4 is 26.2 Å². The van der Waals surface area contributed by atoms with Gasteiger partial charge in [0, 0.05) is 106 Å². The van der Waals surface area contributed by atoms with Crippen molar-refractivity contribution >= 4 is 174 Å². The lowest BCUT2D eigenvalue weighted by Crippen LogP contribution is -2.61. The van der Waals surface area contributed by atoms with E-state index in [1.54, 1.807) is 0 Å². The van der Waals surface area contributed by atoms with Crippen LogP contribution in [0.1, 0.15) is 0 Å². The summed E-state index contributed by atoms with van der Waals surface area (Å²) in [4.78, 5) is 5.30. The van der Waals surface area contributed by atoms with Crippen LogP contribution in [0.2, 0.25) is 0 Å². The van der Waals surface area contributed by atoms with Gasteiger partial charge in [0.1, 0.15) is 11.2 Å². The van der Waals surface area contributed by atoms with E-state index in [2.05, 4.69) is 234 Å². The van der Waals surface area contributed by atoms with Crippen LogP contribution in [0.25, 0.3) is 105 Å². The molecule has 3 nitrogen and oxygen atoms in total. The van der Waals surface area contributed by atoms with Gasteiger partial charge >= 0.3 is 0 Å². The van der Waals surface area contributed by atoms with Crippen molar-refractivity contribution in [1.29, 1.82) is 0 Å². The molecule has 11 aromatic carbocycles. The molecule has 338 valence electrons. The molecule has 2 aliphatic heterocycles. The van der Waals surface area contributed by atoms with E-state index < -0.39 is 0 Å². The van der Waals surface area contributed by atoms with Crippen molar-refractivity contribution < 1.29 is 4.42 Å². The van der Waals surface area contributed by atoms with Crippen molar-refractivity contribution in [2.45, 2.75) is 0 Å². The number of benzene rings is 11. The fraction of sp³-hybridized carbons (Fsp3) is 0. The van der Waals surface area contributed by atoms with Crippen molar-refractivity contribution in [3.05, 3.63) is 224 Å². The molecule has 0 unspecified atom stereocenters. The Balaban J connectivity index is 1.07. The second-order valence-corrected chi connectivity index (χ2v) is 22.7. The van der Waals surface area contributed by atoms with Crippen LogP contribution >= 0.6 is 34.0 Å². The maximum Gasteiger partial charge on any atom is 0.252 e. The number of para-hydroxylation sites is 1. The SMILES string of the molecule is c1ccc(-c2ccc3sc4ccccc4c3c2N2c3cc4oc5ccccc5c4cc3B3c4cc5c(cc4N(c4c(-c6ccccc6)ccc6sc7ccccc7c46)c4cccc2c43)sc2ccccc25)cc1. The average Bonchev–Trinajstić information content (AvgIpc) is 4.22. The van der Waals surface area contributed by atoms with Crippen molar-refractivity contribution in [2.75, 3.05) is 9.80 Å². The van der Waals surface area contributed by atoms with E-state index in [1.165, 1.54) is 128 Å². The number of fused-ring (bicyclic) bond motifs is 16. The van der Waals surface area contributed by atoms with Crippen molar-refractivity contribution in [2.24, 2.45) is 0 Å². The van der Waals surface area contributed by atoms with Gasteiger partial charge in [0.2, 0.25) is 0 Å². The average molecular weight is 981 g/mol. The lowest BCUT2D eigenvalue weighted by atomic mass is 9.33. The molecule has 0 atom stereocenters. The standard InChI is InChI=1S/C66H37BN2OS3/c1-3-16-38(17-4-1)40-30-32-59-62(44-22-9-13-28-57(44)71-59)65(40)68-50-24-15-25-51-64(50)67(48-34-46-42-20-7-11-26-54(42)70-55(46)36-52(48)68)49-35-47-43-21-8-12-27-56(43)73-61(47)37-53(49)69(51)66-41(39-18-5-2-6-19-39)31-33-60-63(66)45-23-10-14-29-58(45)72-60/h1-37H. The monoisotopic (exact) mass is 980 g/mol. The van der Waals surface area contributed by atoms with Gasteiger partial charge in [-0.05, 0) is 87.5 Å². The Bertz CT molecular complexity index is 4530. The Hall–Kier alpha value is -8.46. The number of hydrogen-bond donors (Lipinski definition) is 0. The normalized spacial score (nSPS) is 13.1. The Morgan fingerprint density at radius 1 is 0.315 bits per heavy atom. The molecule has 0 N–H and O–H groups in total. The Labute approximate surface area is 431 Å². The molecule has 0 spiro atoms. The largest absolute Gasteiger partial charge is 0.456 e. The molecule has 0 saturated heterocycles. The fourth-order valence-corrected chi connectivity index (χ4v) is 16.0. The summed E-state index contributed by atoms with van der Waals surface area (Å²) < 4.78 is 14.6. The first-order valence-electron chi connectivity index (χ1n) is 24.8. The van der Waals surface area contributed by atoms with E-state index >= 15 is 0 Å². The molecule has 17 rings (SSSR count). The van der Waals surface area contributed by atoms with Gasteiger partial charge in [-0.2, -0.15) is 0 Å². The third-order valence-corrected chi connectivity index (χ3v) is 19.0. The number of furan rings is 1. The summed E-state index contributed by atoms with van der Waals surface area (Å²) in [7, 11) is 0. The molecule has 0 fully saturated rings. The molecule has 2 aliphatic rings. The lowest BCUT2D eigenvalue weighted by Gasteiger charge is -2.45. The molecule has 6 heterocycles. The van der Waals surface area contributed by atoms with Crippen LogP contribution in [0.15, 0.2) is 229 Å². The zero-order chi connectivity index (χ0) is 47.5. The van der Waals surface area contributed by atoms with Crippen molar-refractivity contribution in [1.82, 2.24) is 0 Å². The second-order valence-electron chi connectivity index (χ2n) is 19.4. The Morgan fingerprint density at radius 2 is 0.795 bits per heavy atom. The predicted octanol–water partition coefficient (Wildman–Crippen LogP) is 18.1. The number of anilines is 6. The van der Waals surface area contributed by atoms with Crippen LogP contribution in [-0.4, -0.2) is 6.71 Å². The zero-order valence-electron chi connectivity index (χ0n) is 39.0. The van der Waals surface area contributed by atoms with E-state index in [0.717, 1.165) is 27.6 Å². The smallest absolute Gasteiger partial charge is 0.252 e. The lowest BCUT2D eigenvalue weighted by molar-refractivity contribution is 0.669. The molecule has 7 heteroatoms. The summed E-state index contributed by atoms with van der Waals surface area (Å²) in [5, 5.41) is 9.92. The van der Waals surface area contributed by atoms with Gasteiger partial charge in [-0.15, -0.1) is 34.0 Å². The minimum absolute atomic E-state index is 0.123. The highest BCUT2D eigenvalue weighted by atomic mass is 32.1. The summed E-state index contributed by atoms with van der Waals surface area (Å²) in [5.74, 6) is 0. The van der Waals surface area contributed by atoms with Gasteiger partial charge in [-0.1, -0.05) is 164 Å². The predicted molar refractivity (Wildman–Crippen MR) is 317 cm³/mol. The molecule has 0 bridgehead atoms. The van der Waals surface area contributed by atoms with Gasteiger partial charge in [0.15, 0.2) is 0 Å². The van der Waals surface area contributed by atoms with Crippen LogP contribution in [-0.2, 0) is 0 Å². The molecule has 0 aliphatic carbocycles. The third-order valence-electron chi connectivity index (χ3n) is 15.6. The number of nitrogens with zero attached hydrogens (tertiary/aromatic N) is 2. The van der Waals surface area contributed by atoms with Crippen LogP contribution in [0.5, 0.6) is 0 Å². The van der Waals surface area contributed by atoms with Crippen molar-refractivity contribution in [3.8, 4) is 22.3 Å². The molecule has 0 radical (unpaired) electrons. The minimum atomic E-state index is -0.123. The first-order chi connectivity index (χ1) is 36.2. The number of thiophene rings is 3. The highest BCUT2D eigenvalue weighted by molar-refractivity contribution is 7.26. The van der Waals surface area contributed by atoms with Gasteiger partial charge in [0.25, 0.3) is 6.71 Å². The Morgan fingerprint density at radius 3 is 1.40 bits per heavy atom. The second kappa shape index (κ2) is 15.0. The van der Waals surface area contributed by atoms with Crippen LogP contribution in [0, 0.1) is 0 Å². The summed E-state index contributed by atoms with van der Waals surface area (Å²) in [5.41, 5.74) is 17.5. The molecular formula is C66H37BN2OS3. The van der Waals surface area contributed by atoms with E-state index in [4.69, 9.17) is 4.42 Å². The van der Waals surface area contributed by atoms with Crippen molar-refractivity contribution in [3.63, 3.8) is 0 Å². The minimum Gasteiger partial charge on any atom is -0.456 e. The van der Waals surface area contributed by atoms with Crippen LogP contribution in [0.3, 0.4) is 0 Å². The van der Waals surface area contributed by atoms with E-state index in [-0.39, 0.29) is 6.71 Å². The third kappa shape index (κ3) is 5.59. The maximum absolute atomic E-state index is 6.89. The molecule has 0 amide bonds. The first kappa shape index (κ1) is 40.2. The summed E-state index contributed by atoms with van der Waals surface area (Å²) in [6.07, 6.45) is 0. The first-order valence-corrected chi connectivity index (χ1v) is 27.3. The molecular weight excluding hydrogens is 944 g/mol.